The second-order valence-electron chi connectivity index (χ2n) is 5.70. The van der Waals surface area contributed by atoms with Crippen molar-refractivity contribution in [2.45, 2.75) is 32.6 Å². The molecule has 5 nitrogen and oxygen atoms in total. The number of carbonyl (C=O) groups excluding carboxylic acids is 2. The van der Waals surface area contributed by atoms with Crippen LogP contribution in [-0.2, 0) is 9.53 Å². The molecule has 0 aliphatic rings. The van der Waals surface area contributed by atoms with Gasteiger partial charge in [0.05, 0.1) is 0 Å². The maximum atomic E-state index is 12.1. The first kappa shape index (κ1) is 17.8. The third-order valence-electron chi connectivity index (χ3n) is 3.77. The van der Waals surface area contributed by atoms with Crippen LogP contribution in [0.5, 0.6) is 5.75 Å². The van der Waals surface area contributed by atoms with Crippen molar-refractivity contribution in [3.05, 3.63) is 42.0 Å². The zero-order valence-electron chi connectivity index (χ0n) is 13.9. The molecule has 2 aromatic rings. The first-order chi connectivity index (χ1) is 11.6. The minimum absolute atomic E-state index is 0.0597. The number of amides is 1. The Bertz CT molecular complexity index is 712. The highest BCUT2D eigenvalue weighted by atomic mass is 16.5. The van der Waals surface area contributed by atoms with E-state index >= 15 is 0 Å². The molecular formula is C19H23NO4. The Morgan fingerprint density at radius 2 is 1.79 bits per heavy atom. The molecule has 0 aliphatic carbocycles. The van der Waals surface area contributed by atoms with Crippen molar-refractivity contribution >= 4 is 22.6 Å². The summed E-state index contributed by atoms with van der Waals surface area (Å²) in [6.45, 7) is 2.36. The molecule has 2 N–H and O–H groups in total. The van der Waals surface area contributed by atoms with Gasteiger partial charge in [0.15, 0.2) is 6.61 Å². The van der Waals surface area contributed by atoms with Gasteiger partial charge in [-0.2, -0.15) is 0 Å². The van der Waals surface area contributed by atoms with E-state index in [2.05, 4.69) is 12.2 Å². The van der Waals surface area contributed by atoms with Crippen molar-refractivity contribution in [1.29, 1.82) is 0 Å². The molecule has 24 heavy (non-hydrogen) atoms. The lowest BCUT2D eigenvalue weighted by molar-refractivity contribution is -0.124. The molecule has 0 radical (unpaired) electrons. The molecule has 0 spiro atoms. The Balaban J connectivity index is 1.86. The SMILES string of the molecule is CCCCCCNC(=O)COC(=O)c1cc2ccccc2cc1O. The van der Waals surface area contributed by atoms with E-state index in [0.29, 0.717) is 6.54 Å². The van der Waals surface area contributed by atoms with Crippen LogP contribution in [-0.4, -0.2) is 30.1 Å². The van der Waals surface area contributed by atoms with Gasteiger partial charge < -0.3 is 15.2 Å². The molecule has 2 aromatic carbocycles. The number of nitrogens with one attached hydrogen (secondary N) is 1. The number of carbonyl (C=O) groups is 2. The van der Waals surface area contributed by atoms with Crippen LogP contribution >= 0.6 is 0 Å². The quantitative estimate of drug-likeness (QED) is 0.575. The summed E-state index contributed by atoms with van der Waals surface area (Å²) in [6.07, 6.45) is 4.27. The number of rotatable bonds is 8. The fourth-order valence-corrected chi connectivity index (χ4v) is 2.43. The molecule has 0 aromatic heterocycles. The van der Waals surface area contributed by atoms with Crippen molar-refractivity contribution in [2.24, 2.45) is 0 Å². The Morgan fingerprint density at radius 3 is 2.50 bits per heavy atom. The van der Waals surface area contributed by atoms with Crippen LogP contribution in [0, 0.1) is 0 Å². The lowest BCUT2D eigenvalue weighted by atomic mass is 10.1. The highest BCUT2D eigenvalue weighted by Gasteiger charge is 2.15. The van der Waals surface area contributed by atoms with Crippen LogP contribution in [0.4, 0.5) is 0 Å². The highest BCUT2D eigenvalue weighted by Crippen LogP contribution is 2.25. The summed E-state index contributed by atoms with van der Waals surface area (Å²) >= 11 is 0. The van der Waals surface area contributed by atoms with E-state index in [1.54, 1.807) is 6.07 Å². The lowest BCUT2D eigenvalue weighted by Crippen LogP contribution is -2.29. The zero-order chi connectivity index (χ0) is 17.4. The predicted octanol–water partition coefficient (Wildman–Crippen LogP) is 3.40. The van der Waals surface area contributed by atoms with Crippen LogP contribution in [0.15, 0.2) is 36.4 Å². The second-order valence-corrected chi connectivity index (χ2v) is 5.70. The van der Waals surface area contributed by atoms with Gasteiger partial charge in [0.2, 0.25) is 0 Å². The summed E-state index contributed by atoms with van der Waals surface area (Å²) in [6, 6.07) is 10.5. The van der Waals surface area contributed by atoms with E-state index in [-0.39, 0.29) is 23.8 Å². The average molecular weight is 329 g/mol. The third-order valence-corrected chi connectivity index (χ3v) is 3.77. The number of phenolic OH excluding ortho intramolecular Hbond substituents is 1. The van der Waals surface area contributed by atoms with Gasteiger partial charge in [0, 0.05) is 6.54 Å². The molecule has 0 saturated carbocycles. The maximum Gasteiger partial charge on any atom is 0.342 e. The fourth-order valence-electron chi connectivity index (χ4n) is 2.43. The molecule has 0 aliphatic heterocycles. The first-order valence-corrected chi connectivity index (χ1v) is 8.27. The van der Waals surface area contributed by atoms with E-state index in [1.807, 2.05) is 24.3 Å². The Morgan fingerprint density at radius 1 is 1.08 bits per heavy atom. The van der Waals surface area contributed by atoms with E-state index in [0.717, 1.165) is 36.5 Å². The van der Waals surface area contributed by atoms with E-state index in [4.69, 9.17) is 4.74 Å². The number of phenols is 1. The van der Waals surface area contributed by atoms with Gasteiger partial charge in [-0.05, 0) is 29.3 Å². The number of hydrogen-bond acceptors (Lipinski definition) is 4. The number of unbranched alkanes of at least 4 members (excludes halogenated alkanes) is 3. The summed E-state index contributed by atoms with van der Waals surface area (Å²) in [7, 11) is 0. The number of benzene rings is 2. The van der Waals surface area contributed by atoms with Gasteiger partial charge in [0.1, 0.15) is 11.3 Å². The number of esters is 1. The van der Waals surface area contributed by atoms with E-state index < -0.39 is 5.97 Å². The van der Waals surface area contributed by atoms with Crippen molar-refractivity contribution in [3.8, 4) is 5.75 Å². The molecular weight excluding hydrogens is 306 g/mol. The number of ether oxygens (including phenoxy) is 1. The number of hydrogen-bond donors (Lipinski definition) is 2. The van der Waals surface area contributed by atoms with Crippen molar-refractivity contribution in [1.82, 2.24) is 5.32 Å². The van der Waals surface area contributed by atoms with Crippen molar-refractivity contribution in [3.63, 3.8) is 0 Å². The minimum atomic E-state index is -0.709. The highest BCUT2D eigenvalue weighted by molar-refractivity contribution is 5.99. The standard InChI is InChI=1S/C19H23NO4/c1-2-3-4-7-10-20-18(22)13-24-19(23)16-11-14-8-5-6-9-15(14)12-17(16)21/h5-6,8-9,11-12,21H,2-4,7,10,13H2,1H3,(H,20,22). The fraction of sp³-hybridized carbons (Fsp3) is 0.368. The summed E-state index contributed by atoms with van der Waals surface area (Å²) in [4.78, 5) is 23.7. The largest absolute Gasteiger partial charge is 0.507 e. The summed E-state index contributed by atoms with van der Waals surface area (Å²) in [5.74, 6) is -1.20. The van der Waals surface area contributed by atoms with Crippen molar-refractivity contribution in [2.75, 3.05) is 13.2 Å². The van der Waals surface area contributed by atoms with Gasteiger partial charge >= 0.3 is 5.97 Å². The monoisotopic (exact) mass is 329 g/mol. The molecule has 5 heteroatoms. The summed E-state index contributed by atoms with van der Waals surface area (Å²) < 4.78 is 4.99. The normalized spacial score (nSPS) is 10.5. The molecule has 0 bridgehead atoms. The van der Waals surface area contributed by atoms with E-state index in [9.17, 15) is 14.7 Å². The number of fused-ring (bicyclic) bond motifs is 1. The Labute approximate surface area is 141 Å². The van der Waals surface area contributed by atoms with Gasteiger partial charge in [-0.15, -0.1) is 0 Å². The van der Waals surface area contributed by atoms with Crippen LogP contribution in [0.25, 0.3) is 10.8 Å². The van der Waals surface area contributed by atoms with E-state index in [1.165, 1.54) is 6.07 Å². The molecule has 0 heterocycles. The molecule has 2 rings (SSSR count). The molecule has 0 fully saturated rings. The zero-order valence-corrected chi connectivity index (χ0v) is 13.9. The molecule has 0 atom stereocenters. The Hall–Kier alpha value is -2.56. The average Bonchev–Trinajstić information content (AvgIpc) is 2.59. The van der Waals surface area contributed by atoms with Crippen LogP contribution in [0.3, 0.4) is 0 Å². The van der Waals surface area contributed by atoms with Crippen LogP contribution < -0.4 is 5.32 Å². The molecule has 0 saturated heterocycles. The van der Waals surface area contributed by atoms with Gasteiger partial charge in [-0.3, -0.25) is 4.79 Å². The van der Waals surface area contributed by atoms with Gasteiger partial charge in [0.25, 0.3) is 5.91 Å². The molecule has 1 amide bonds. The van der Waals surface area contributed by atoms with Crippen LogP contribution in [0.2, 0.25) is 0 Å². The predicted molar refractivity (Wildman–Crippen MR) is 93.0 cm³/mol. The van der Waals surface area contributed by atoms with Crippen LogP contribution in [0.1, 0.15) is 43.0 Å². The summed E-state index contributed by atoms with van der Waals surface area (Å²) in [5, 5.41) is 14.3. The molecule has 128 valence electrons. The number of aromatic hydroxyl groups is 1. The summed E-state index contributed by atoms with van der Waals surface area (Å²) in [5.41, 5.74) is 0.0597. The Kier molecular flexibility index (Phi) is 6.61. The third kappa shape index (κ3) is 4.98. The van der Waals surface area contributed by atoms with Gasteiger partial charge in [-0.1, -0.05) is 50.5 Å². The maximum absolute atomic E-state index is 12.1. The van der Waals surface area contributed by atoms with Gasteiger partial charge in [-0.25, -0.2) is 4.79 Å². The lowest BCUT2D eigenvalue weighted by Gasteiger charge is -2.08. The molecule has 0 unspecified atom stereocenters. The topological polar surface area (TPSA) is 75.6 Å². The minimum Gasteiger partial charge on any atom is -0.507 e. The first-order valence-electron chi connectivity index (χ1n) is 8.27. The second kappa shape index (κ2) is 8.91. The van der Waals surface area contributed by atoms with Crippen molar-refractivity contribution < 1.29 is 19.4 Å². The smallest absolute Gasteiger partial charge is 0.342 e.